The van der Waals surface area contributed by atoms with Crippen LogP contribution in [0.1, 0.15) is 31.6 Å². The van der Waals surface area contributed by atoms with Crippen LogP contribution in [0.25, 0.3) is 0 Å². The second-order valence-corrected chi connectivity index (χ2v) is 5.29. The molecule has 0 saturated heterocycles. The summed E-state index contributed by atoms with van der Waals surface area (Å²) in [6.07, 6.45) is 2.07. The van der Waals surface area contributed by atoms with Crippen molar-refractivity contribution in [3.05, 3.63) is 40.1 Å². The Morgan fingerprint density at radius 3 is 2.64 bits per heavy atom. The van der Waals surface area contributed by atoms with Gasteiger partial charge in [-0.2, -0.15) is 0 Å². The van der Waals surface area contributed by atoms with Crippen molar-refractivity contribution in [2.24, 2.45) is 0 Å². The summed E-state index contributed by atoms with van der Waals surface area (Å²) in [5, 5.41) is 9.45. The molecule has 1 aromatic heterocycles. The molecule has 6 nitrogen and oxygen atoms in total. The first kappa shape index (κ1) is 16.0. The van der Waals surface area contributed by atoms with Gasteiger partial charge in [-0.1, -0.05) is 6.07 Å². The van der Waals surface area contributed by atoms with Crippen molar-refractivity contribution in [1.29, 1.82) is 0 Å². The van der Waals surface area contributed by atoms with Crippen LogP contribution in [0.2, 0.25) is 0 Å². The van der Waals surface area contributed by atoms with Crippen molar-refractivity contribution < 1.29 is 19.0 Å². The second kappa shape index (κ2) is 7.06. The molecule has 0 atom stereocenters. The van der Waals surface area contributed by atoms with E-state index < -0.39 is 5.76 Å². The number of nitrogens with one attached hydrogen (secondary N) is 1. The van der Waals surface area contributed by atoms with Gasteiger partial charge in [0.2, 0.25) is 5.88 Å². The van der Waals surface area contributed by atoms with Gasteiger partial charge in [0.25, 0.3) is 0 Å². The minimum atomic E-state index is -0.635. The number of H-pyrrole nitrogens is 1. The van der Waals surface area contributed by atoms with E-state index in [-0.39, 0.29) is 17.7 Å². The van der Waals surface area contributed by atoms with E-state index in [4.69, 9.17) is 13.9 Å². The number of aromatic nitrogens is 1. The Morgan fingerprint density at radius 2 is 2.05 bits per heavy atom. The molecule has 0 amide bonds. The van der Waals surface area contributed by atoms with Crippen molar-refractivity contribution in [1.82, 2.24) is 4.98 Å². The standard InChI is InChI=1S/C16H21NO5/c1-10(2)21-12-8-7-11(9-14(12)20-3)5-4-6-13-15(18)17-16(19)22-13/h7-10,18H,4-6H2,1-3H3,(H,17,19). The lowest BCUT2D eigenvalue weighted by atomic mass is 10.1. The van der Waals surface area contributed by atoms with E-state index >= 15 is 0 Å². The first-order valence-corrected chi connectivity index (χ1v) is 7.24. The van der Waals surface area contributed by atoms with Crippen LogP contribution >= 0.6 is 0 Å². The van der Waals surface area contributed by atoms with Crippen molar-refractivity contribution in [2.45, 2.75) is 39.2 Å². The minimum absolute atomic E-state index is 0.0826. The maximum absolute atomic E-state index is 10.9. The van der Waals surface area contributed by atoms with Gasteiger partial charge in [0, 0.05) is 6.42 Å². The molecule has 0 unspecified atom stereocenters. The minimum Gasteiger partial charge on any atom is -0.493 e. The molecule has 0 radical (unpaired) electrons. The fraction of sp³-hybridized carbons (Fsp3) is 0.438. The maximum Gasteiger partial charge on any atom is 0.419 e. The molecule has 0 aliphatic rings. The van der Waals surface area contributed by atoms with Gasteiger partial charge in [-0.05, 0) is 44.4 Å². The summed E-state index contributed by atoms with van der Waals surface area (Å²) in [6.45, 7) is 3.93. The van der Waals surface area contributed by atoms with Gasteiger partial charge in [0.05, 0.1) is 13.2 Å². The van der Waals surface area contributed by atoms with Gasteiger partial charge in [0.15, 0.2) is 17.3 Å². The second-order valence-electron chi connectivity index (χ2n) is 5.29. The summed E-state index contributed by atoms with van der Waals surface area (Å²) in [6, 6.07) is 5.81. The number of hydrogen-bond donors (Lipinski definition) is 2. The van der Waals surface area contributed by atoms with Gasteiger partial charge >= 0.3 is 5.76 Å². The van der Waals surface area contributed by atoms with Crippen molar-refractivity contribution in [3.63, 3.8) is 0 Å². The van der Waals surface area contributed by atoms with Crippen LogP contribution in [0.5, 0.6) is 17.4 Å². The highest BCUT2D eigenvalue weighted by Crippen LogP contribution is 2.29. The molecule has 120 valence electrons. The average Bonchev–Trinajstić information content (AvgIpc) is 2.78. The molecular formula is C16H21NO5. The van der Waals surface area contributed by atoms with Gasteiger partial charge in [0.1, 0.15) is 0 Å². The Hall–Kier alpha value is -2.37. The molecule has 1 aromatic carbocycles. The van der Waals surface area contributed by atoms with Crippen LogP contribution in [0.4, 0.5) is 0 Å². The monoisotopic (exact) mass is 307 g/mol. The number of ether oxygens (including phenoxy) is 2. The predicted molar refractivity (Wildman–Crippen MR) is 81.8 cm³/mol. The fourth-order valence-electron chi connectivity index (χ4n) is 2.19. The quantitative estimate of drug-likeness (QED) is 0.821. The smallest absolute Gasteiger partial charge is 0.419 e. The lowest BCUT2D eigenvalue weighted by Crippen LogP contribution is -2.06. The number of aromatic amines is 1. The summed E-state index contributed by atoms with van der Waals surface area (Å²) in [5.41, 5.74) is 1.09. The zero-order chi connectivity index (χ0) is 16.1. The molecule has 0 fully saturated rings. The Morgan fingerprint density at radius 1 is 1.27 bits per heavy atom. The summed E-state index contributed by atoms with van der Waals surface area (Å²) < 4.78 is 15.9. The number of benzene rings is 1. The topological polar surface area (TPSA) is 84.7 Å². The van der Waals surface area contributed by atoms with Crippen molar-refractivity contribution >= 4 is 0 Å². The molecule has 0 bridgehead atoms. The van der Waals surface area contributed by atoms with Crippen molar-refractivity contribution in [2.75, 3.05) is 7.11 Å². The third-order valence-electron chi connectivity index (χ3n) is 3.16. The van der Waals surface area contributed by atoms with E-state index in [2.05, 4.69) is 4.98 Å². The van der Waals surface area contributed by atoms with Crippen LogP contribution in [0, 0.1) is 0 Å². The SMILES string of the molecule is COc1cc(CCCc2oc(=O)[nH]c2O)ccc1OC(C)C. The van der Waals surface area contributed by atoms with Crippen LogP contribution in [-0.2, 0) is 12.8 Å². The summed E-state index contributed by atoms with van der Waals surface area (Å²) >= 11 is 0. The third-order valence-corrected chi connectivity index (χ3v) is 3.16. The van der Waals surface area contributed by atoms with Crippen LogP contribution in [0.3, 0.4) is 0 Å². The van der Waals surface area contributed by atoms with Crippen LogP contribution in [-0.4, -0.2) is 23.3 Å². The molecule has 2 rings (SSSR count). The number of rotatable bonds is 7. The van der Waals surface area contributed by atoms with E-state index in [1.54, 1.807) is 7.11 Å². The van der Waals surface area contributed by atoms with Gasteiger partial charge in [-0.25, -0.2) is 4.79 Å². The van der Waals surface area contributed by atoms with Crippen molar-refractivity contribution in [3.8, 4) is 17.4 Å². The number of oxazole rings is 1. The molecule has 22 heavy (non-hydrogen) atoms. The van der Waals surface area contributed by atoms with Gasteiger partial charge in [-0.15, -0.1) is 0 Å². The fourth-order valence-corrected chi connectivity index (χ4v) is 2.19. The number of aryl methyl sites for hydroxylation is 2. The molecule has 0 spiro atoms. The number of methoxy groups -OCH3 is 1. The summed E-state index contributed by atoms with van der Waals surface area (Å²) in [4.78, 5) is 13.1. The average molecular weight is 307 g/mol. The van der Waals surface area contributed by atoms with E-state index in [9.17, 15) is 9.90 Å². The Bertz CT molecular complexity index is 671. The Kier molecular flexibility index (Phi) is 5.14. The highest BCUT2D eigenvalue weighted by atomic mass is 16.5. The molecule has 1 heterocycles. The largest absolute Gasteiger partial charge is 0.493 e. The van der Waals surface area contributed by atoms with Crippen LogP contribution in [0.15, 0.2) is 27.4 Å². The third kappa shape index (κ3) is 4.07. The normalized spacial score (nSPS) is 10.9. The van der Waals surface area contributed by atoms with Gasteiger partial charge in [-0.3, -0.25) is 4.98 Å². The van der Waals surface area contributed by atoms with E-state index in [1.165, 1.54) is 0 Å². The number of hydrogen-bond acceptors (Lipinski definition) is 5. The molecule has 2 N–H and O–H groups in total. The first-order chi connectivity index (χ1) is 10.5. The highest BCUT2D eigenvalue weighted by Gasteiger charge is 2.10. The molecular weight excluding hydrogens is 286 g/mol. The zero-order valence-electron chi connectivity index (χ0n) is 13.0. The molecule has 0 saturated carbocycles. The predicted octanol–water partition coefficient (Wildman–Crippen LogP) is 2.64. The summed E-state index contributed by atoms with van der Waals surface area (Å²) in [5.74, 6) is 0.877. The maximum atomic E-state index is 10.9. The molecule has 2 aromatic rings. The highest BCUT2D eigenvalue weighted by molar-refractivity contribution is 5.43. The summed E-state index contributed by atoms with van der Waals surface area (Å²) in [7, 11) is 1.61. The lowest BCUT2D eigenvalue weighted by molar-refractivity contribution is 0.230. The van der Waals surface area contributed by atoms with E-state index in [1.807, 2.05) is 32.0 Å². The Labute approximate surface area is 128 Å². The zero-order valence-corrected chi connectivity index (χ0v) is 13.0. The van der Waals surface area contributed by atoms with E-state index in [0.29, 0.717) is 12.2 Å². The molecule has 6 heteroatoms. The molecule has 0 aliphatic carbocycles. The lowest BCUT2D eigenvalue weighted by Gasteiger charge is -2.14. The van der Waals surface area contributed by atoms with Crippen LogP contribution < -0.4 is 15.2 Å². The molecule has 0 aliphatic heterocycles. The van der Waals surface area contributed by atoms with E-state index in [0.717, 1.165) is 24.2 Å². The number of aromatic hydroxyl groups is 1. The Balaban J connectivity index is 1.98. The first-order valence-electron chi connectivity index (χ1n) is 7.24. The van der Waals surface area contributed by atoms with Gasteiger partial charge < -0.3 is 19.0 Å².